The Hall–Kier alpha value is -2.08. The summed E-state index contributed by atoms with van der Waals surface area (Å²) in [5.41, 5.74) is 2.50. The predicted molar refractivity (Wildman–Crippen MR) is 93.1 cm³/mol. The molecular formula is C18H25N3O3. The number of rotatable bonds is 5. The molecule has 1 aromatic carbocycles. The van der Waals surface area contributed by atoms with Crippen LogP contribution in [0.5, 0.6) is 0 Å². The molecule has 0 radical (unpaired) electrons. The SMILES string of the molecule is Cc1ccc2oc(=O)n(CCC(=O)NC[C@@]3(C)CCN(C)C3)c2c1. The summed E-state index contributed by atoms with van der Waals surface area (Å²) in [7, 11) is 2.10. The number of oxazole rings is 1. The quantitative estimate of drug-likeness (QED) is 0.906. The van der Waals surface area contributed by atoms with Crippen LogP contribution in [-0.2, 0) is 11.3 Å². The third kappa shape index (κ3) is 3.53. The van der Waals surface area contributed by atoms with Crippen LogP contribution >= 0.6 is 0 Å². The van der Waals surface area contributed by atoms with Crippen molar-refractivity contribution in [2.75, 3.05) is 26.7 Å². The molecule has 1 amide bonds. The van der Waals surface area contributed by atoms with Crippen LogP contribution in [0.3, 0.4) is 0 Å². The van der Waals surface area contributed by atoms with Crippen LogP contribution in [0.1, 0.15) is 25.3 Å². The predicted octanol–water partition coefficient (Wildman–Crippen LogP) is 1.75. The number of likely N-dealkylation sites (tertiary alicyclic amines) is 1. The number of aromatic nitrogens is 1. The van der Waals surface area contributed by atoms with Crippen molar-refractivity contribution >= 4 is 17.0 Å². The number of carbonyl (C=O) groups excluding carboxylic acids is 1. The Morgan fingerprint density at radius 3 is 2.92 bits per heavy atom. The topological polar surface area (TPSA) is 67.5 Å². The summed E-state index contributed by atoms with van der Waals surface area (Å²) in [5.74, 6) is -0.438. The van der Waals surface area contributed by atoms with Gasteiger partial charge >= 0.3 is 5.76 Å². The number of aryl methyl sites for hydroxylation is 2. The zero-order valence-electron chi connectivity index (χ0n) is 14.6. The lowest BCUT2D eigenvalue weighted by atomic mass is 9.90. The summed E-state index contributed by atoms with van der Waals surface area (Å²) < 4.78 is 6.76. The van der Waals surface area contributed by atoms with Crippen LogP contribution in [0.15, 0.2) is 27.4 Å². The standard InChI is InChI=1S/C18H25N3O3/c1-13-4-5-15-14(10-13)21(17(23)24-15)8-6-16(22)19-11-18(2)7-9-20(3)12-18/h4-5,10H,6-9,11-12H2,1-3H3,(H,19,22)/t18-/m1/s1. The molecule has 6 heteroatoms. The Kier molecular flexibility index (Phi) is 4.49. The van der Waals surface area contributed by atoms with Gasteiger partial charge in [-0.1, -0.05) is 13.0 Å². The van der Waals surface area contributed by atoms with Gasteiger partial charge in [-0.15, -0.1) is 0 Å². The van der Waals surface area contributed by atoms with E-state index in [1.807, 2.05) is 19.1 Å². The van der Waals surface area contributed by atoms with Crippen LogP contribution in [0.4, 0.5) is 0 Å². The molecule has 0 spiro atoms. The average molecular weight is 331 g/mol. The van der Waals surface area contributed by atoms with E-state index in [1.165, 1.54) is 4.57 Å². The molecule has 1 atom stereocenters. The van der Waals surface area contributed by atoms with E-state index in [1.54, 1.807) is 6.07 Å². The van der Waals surface area contributed by atoms with E-state index in [2.05, 4.69) is 24.2 Å². The first kappa shape index (κ1) is 16.8. The molecule has 0 saturated carbocycles. The zero-order valence-corrected chi connectivity index (χ0v) is 14.6. The van der Waals surface area contributed by atoms with Crippen molar-refractivity contribution in [1.82, 2.24) is 14.8 Å². The molecule has 1 fully saturated rings. The first-order valence-corrected chi connectivity index (χ1v) is 8.42. The van der Waals surface area contributed by atoms with E-state index < -0.39 is 5.76 Å². The lowest BCUT2D eigenvalue weighted by Crippen LogP contribution is -2.37. The van der Waals surface area contributed by atoms with Gasteiger partial charge in [0.25, 0.3) is 0 Å². The molecular weight excluding hydrogens is 306 g/mol. The molecule has 1 N–H and O–H groups in total. The van der Waals surface area contributed by atoms with Gasteiger partial charge in [0.15, 0.2) is 5.58 Å². The third-order valence-corrected chi connectivity index (χ3v) is 4.85. The summed E-state index contributed by atoms with van der Waals surface area (Å²) in [6.07, 6.45) is 1.36. The maximum absolute atomic E-state index is 12.2. The number of carbonyl (C=O) groups is 1. The van der Waals surface area contributed by atoms with E-state index in [0.717, 1.165) is 30.6 Å². The first-order valence-electron chi connectivity index (χ1n) is 8.42. The molecule has 3 rings (SSSR count). The lowest BCUT2D eigenvalue weighted by Gasteiger charge is -2.24. The molecule has 1 saturated heterocycles. The van der Waals surface area contributed by atoms with Gasteiger partial charge in [0.05, 0.1) is 5.52 Å². The van der Waals surface area contributed by atoms with Gasteiger partial charge < -0.3 is 14.6 Å². The maximum Gasteiger partial charge on any atom is 0.419 e. The fraction of sp³-hybridized carbons (Fsp3) is 0.556. The highest BCUT2D eigenvalue weighted by Crippen LogP contribution is 2.27. The molecule has 1 aromatic heterocycles. The highest BCUT2D eigenvalue weighted by atomic mass is 16.4. The van der Waals surface area contributed by atoms with Crippen molar-refractivity contribution in [2.24, 2.45) is 5.41 Å². The highest BCUT2D eigenvalue weighted by molar-refractivity contribution is 5.77. The summed E-state index contributed by atoms with van der Waals surface area (Å²) in [5, 5.41) is 3.02. The van der Waals surface area contributed by atoms with Gasteiger partial charge in [-0.25, -0.2) is 4.79 Å². The van der Waals surface area contributed by atoms with Gasteiger partial charge in [0, 0.05) is 26.1 Å². The fourth-order valence-corrected chi connectivity index (χ4v) is 3.41. The zero-order chi connectivity index (χ0) is 17.3. The van der Waals surface area contributed by atoms with E-state index in [4.69, 9.17) is 4.42 Å². The maximum atomic E-state index is 12.2. The summed E-state index contributed by atoms with van der Waals surface area (Å²) in [6.45, 7) is 7.25. The van der Waals surface area contributed by atoms with Crippen molar-refractivity contribution in [3.63, 3.8) is 0 Å². The second kappa shape index (κ2) is 6.43. The Bertz CT molecular complexity index is 807. The normalized spacial score (nSPS) is 21.5. The van der Waals surface area contributed by atoms with Gasteiger partial charge in [-0.05, 0) is 50.0 Å². The highest BCUT2D eigenvalue weighted by Gasteiger charge is 2.32. The molecule has 1 aliphatic rings. The number of nitrogens with zero attached hydrogens (tertiary/aromatic N) is 2. The number of nitrogens with one attached hydrogen (secondary N) is 1. The van der Waals surface area contributed by atoms with Gasteiger partial charge in [0.2, 0.25) is 5.91 Å². The number of hydrogen-bond donors (Lipinski definition) is 1. The Morgan fingerprint density at radius 2 is 2.21 bits per heavy atom. The number of amides is 1. The molecule has 0 unspecified atom stereocenters. The van der Waals surface area contributed by atoms with Crippen molar-refractivity contribution in [2.45, 2.75) is 33.2 Å². The van der Waals surface area contributed by atoms with E-state index in [0.29, 0.717) is 18.7 Å². The molecule has 130 valence electrons. The fourth-order valence-electron chi connectivity index (χ4n) is 3.41. The molecule has 2 heterocycles. The summed E-state index contributed by atoms with van der Waals surface area (Å²) >= 11 is 0. The van der Waals surface area contributed by atoms with Crippen molar-refractivity contribution in [1.29, 1.82) is 0 Å². The molecule has 6 nitrogen and oxygen atoms in total. The Morgan fingerprint density at radius 1 is 1.42 bits per heavy atom. The van der Waals surface area contributed by atoms with Crippen LogP contribution in [0, 0.1) is 12.3 Å². The van der Waals surface area contributed by atoms with Gasteiger partial charge in [-0.2, -0.15) is 0 Å². The van der Waals surface area contributed by atoms with Crippen LogP contribution < -0.4 is 11.1 Å². The second-order valence-corrected chi connectivity index (χ2v) is 7.32. The number of fused-ring (bicyclic) bond motifs is 1. The molecule has 24 heavy (non-hydrogen) atoms. The van der Waals surface area contributed by atoms with E-state index in [-0.39, 0.29) is 17.7 Å². The minimum atomic E-state index is -0.409. The molecule has 2 aromatic rings. The van der Waals surface area contributed by atoms with Crippen LogP contribution in [-0.4, -0.2) is 42.1 Å². The molecule has 1 aliphatic heterocycles. The van der Waals surface area contributed by atoms with Gasteiger partial charge in [-0.3, -0.25) is 9.36 Å². The smallest absolute Gasteiger partial charge is 0.408 e. The molecule has 0 bridgehead atoms. The monoisotopic (exact) mass is 331 g/mol. The van der Waals surface area contributed by atoms with Crippen LogP contribution in [0.25, 0.3) is 11.1 Å². The van der Waals surface area contributed by atoms with Crippen molar-refractivity contribution in [3.8, 4) is 0 Å². The molecule has 0 aliphatic carbocycles. The summed E-state index contributed by atoms with van der Waals surface area (Å²) in [4.78, 5) is 26.4. The summed E-state index contributed by atoms with van der Waals surface area (Å²) in [6, 6.07) is 5.61. The minimum absolute atomic E-state index is 0.0281. The Balaban J connectivity index is 1.60. The van der Waals surface area contributed by atoms with Crippen LogP contribution in [0.2, 0.25) is 0 Å². The van der Waals surface area contributed by atoms with E-state index >= 15 is 0 Å². The lowest BCUT2D eigenvalue weighted by molar-refractivity contribution is -0.121. The second-order valence-electron chi connectivity index (χ2n) is 7.32. The van der Waals surface area contributed by atoms with Crippen molar-refractivity contribution in [3.05, 3.63) is 34.3 Å². The van der Waals surface area contributed by atoms with Gasteiger partial charge in [0.1, 0.15) is 0 Å². The largest absolute Gasteiger partial charge is 0.419 e. The minimum Gasteiger partial charge on any atom is -0.408 e. The van der Waals surface area contributed by atoms with Crippen molar-refractivity contribution < 1.29 is 9.21 Å². The number of benzene rings is 1. The Labute approximate surface area is 141 Å². The van der Waals surface area contributed by atoms with E-state index in [9.17, 15) is 9.59 Å². The third-order valence-electron chi connectivity index (χ3n) is 4.85. The average Bonchev–Trinajstić information content (AvgIpc) is 3.02. The first-order chi connectivity index (χ1) is 11.4. The number of hydrogen-bond acceptors (Lipinski definition) is 4.